The molecule has 2 heterocycles. The maximum absolute atomic E-state index is 14.9. The van der Waals surface area contributed by atoms with Gasteiger partial charge in [-0.05, 0) is 47.7 Å². The highest BCUT2D eigenvalue weighted by molar-refractivity contribution is 7.89. The smallest absolute Gasteiger partial charge is 0.309 e. The highest BCUT2D eigenvalue weighted by atomic mass is 32.2. The number of sulfonamides is 1. The molecule has 0 saturated carbocycles. The number of hydrogen-bond donors (Lipinski definition) is 1. The van der Waals surface area contributed by atoms with Crippen molar-refractivity contribution < 1.29 is 36.9 Å². The number of carbonyl (C=O) groups is 1. The number of ether oxygens (including phenoxy) is 3. The van der Waals surface area contributed by atoms with Crippen molar-refractivity contribution in [2.45, 2.75) is 52.0 Å². The molecule has 3 atom stereocenters. The number of fused-ring (bicyclic) bond motifs is 1. The van der Waals surface area contributed by atoms with E-state index in [0.717, 1.165) is 18.4 Å². The van der Waals surface area contributed by atoms with Crippen molar-refractivity contribution in [3.8, 4) is 17.2 Å². The average molecular weight is 593 g/mol. The number of likely N-dealkylation sites (tertiary alicyclic amines) is 1. The van der Waals surface area contributed by atoms with Crippen LogP contribution >= 0.6 is 0 Å². The zero-order valence-electron chi connectivity index (χ0n) is 24.2. The van der Waals surface area contributed by atoms with E-state index in [-0.39, 0.29) is 30.8 Å². The van der Waals surface area contributed by atoms with E-state index in [0.29, 0.717) is 43.1 Å². The number of carboxylic acid groups (broad SMARTS) is 1. The average Bonchev–Trinajstić information content (AvgIpc) is 3.55. The van der Waals surface area contributed by atoms with Crippen LogP contribution in [0.15, 0.2) is 36.4 Å². The maximum Gasteiger partial charge on any atom is 0.309 e. The Morgan fingerprint density at radius 2 is 1.88 bits per heavy atom. The zero-order chi connectivity index (χ0) is 29.7. The van der Waals surface area contributed by atoms with Crippen LogP contribution in [0.4, 0.5) is 4.39 Å². The van der Waals surface area contributed by atoms with E-state index < -0.39 is 39.7 Å². The van der Waals surface area contributed by atoms with E-state index in [2.05, 4.69) is 0 Å². The molecule has 2 aliphatic rings. The summed E-state index contributed by atoms with van der Waals surface area (Å²) in [6, 6.07) is 9.24. The fourth-order valence-electron chi connectivity index (χ4n) is 5.86. The second-order valence-electron chi connectivity index (χ2n) is 11.2. The topological polar surface area (TPSA) is 106 Å². The Morgan fingerprint density at radius 3 is 2.54 bits per heavy atom. The highest BCUT2D eigenvalue weighted by Gasteiger charge is 2.48. The van der Waals surface area contributed by atoms with E-state index in [9.17, 15) is 22.7 Å². The van der Waals surface area contributed by atoms with Gasteiger partial charge in [0.25, 0.3) is 0 Å². The molecule has 2 aromatic rings. The molecule has 2 aliphatic heterocycles. The molecule has 2 aromatic carbocycles. The van der Waals surface area contributed by atoms with Crippen LogP contribution < -0.4 is 14.2 Å². The summed E-state index contributed by atoms with van der Waals surface area (Å²) in [5.41, 5.74) is 1.27. The van der Waals surface area contributed by atoms with Crippen LogP contribution in [-0.4, -0.2) is 74.5 Å². The lowest BCUT2D eigenvalue weighted by Crippen LogP contribution is -2.42. The number of methoxy groups -OCH3 is 1. The second kappa shape index (κ2) is 13.4. The molecular weight excluding hydrogens is 551 g/mol. The highest BCUT2D eigenvalue weighted by Crippen LogP contribution is 2.48. The zero-order valence-corrected chi connectivity index (χ0v) is 25.0. The summed E-state index contributed by atoms with van der Waals surface area (Å²) in [6.45, 7) is 7.31. The Hall–Kier alpha value is -2.89. The summed E-state index contributed by atoms with van der Waals surface area (Å²) >= 11 is 0. The molecule has 0 aromatic heterocycles. The van der Waals surface area contributed by atoms with Crippen LogP contribution in [0, 0.1) is 17.7 Å². The molecule has 1 N–H and O–H groups in total. The van der Waals surface area contributed by atoms with Gasteiger partial charge in [-0.2, -0.15) is 0 Å². The number of nitrogens with zero attached hydrogens (tertiary/aromatic N) is 2. The summed E-state index contributed by atoms with van der Waals surface area (Å²) in [5, 5.41) is 10.5. The van der Waals surface area contributed by atoms with Gasteiger partial charge in [-0.25, -0.2) is 17.1 Å². The third-order valence-corrected chi connectivity index (χ3v) is 9.75. The minimum atomic E-state index is -3.50. The summed E-state index contributed by atoms with van der Waals surface area (Å²) in [5.74, 6) is -1.53. The first kappa shape index (κ1) is 31.1. The molecule has 41 heavy (non-hydrogen) atoms. The van der Waals surface area contributed by atoms with Crippen LogP contribution in [0.25, 0.3) is 0 Å². The molecular formula is C30H41FN2O7S. The predicted molar refractivity (Wildman–Crippen MR) is 153 cm³/mol. The Labute approximate surface area is 242 Å². The van der Waals surface area contributed by atoms with Crippen molar-refractivity contribution in [3.63, 3.8) is 0 Å². The molecule has 0 unspecified atom stereocenters. The Balaban J connectivity index is 1.68. The molecule has 11 heteroatoms. The largest absolute Gasteiger partial charge is 0.494 e. The third-order valence-electron chi connectivity index (χ3n) is 7.83. The summed E-state index contributed by atoms with van der Waals surface area (Å²) < 4.78 is 59.1. The van der Waals surface area contributed by atoms with Crippen molar-refractivity contribution >= 4 is 16.0 Å². The van der Waals surface area contributed by atoms with Gasteiger partial charge in [0.05, 0.1) is 18.8 Å². The Kier molecular flexibility index (Phi) is 10.1. The van der Waals surface area contributed by atoms with Gasteiger partial charge >= 0.3 is 5.97 Å². The lowest BCUT2D eigenvalue weighted by atomic mass is 9.82. The van der Waals surface area contributed by atoms with Gasteiger partial charge < -0.3 is 19.3 Å². The molecule has 226 valence electrons. The number of halogens is 1. The van der Waals surface area contributed by atoms with Gasteiger partial charge in [0.1, 0.15) is 0 Å². The number of carboxylic acids is 1. The van der Waals surface area contributed by atoms with Gasteiger partial charge in [-0.3, -0.25) is 9.69 Å². The van der Waals surface area contributed by atoms with Gasteiger partial charge in [-0.15, -0.1) is 0 Å². The molecule has 4 rings (SSSR count). The van der Waals surface area contributed by atoms with Crippen molar-refractivity contribution in [1.29, 1.82) is 0 Å². The maximum atomic E-state index is 14.9. The summed E-state index contributed by atoms with van der Waals surface area (Å²) in [4.78, 5) is 14.8. The fourth-order valence-corrected chi connectivity index (χ4v) is 7.57. The van der Waals surface area contributed by atoms with Gasteiger partial charge in [0.2, 0.25) is 16.8 Å². The normalized spacial score (nSPS) is 20.7. The number of benzene rings is 2. The first-order valence-electron chi connectivity index (χ1n) is 14.2. The van der Waals surface area contributed by atoms with E-state index in [1.54, 1.807) is 18.2 Å². The van der Waals surface area contributed by atoms with Crippen LogP contribution in [0.5, 0.6) is 17.2 Å². The van der Waals surface area contributed by atoms with Crippen molar-refractivity contribution in [3.05, 3.63) is 53.3 Å². The first-order valence-corrected chi connectivity index (χ1v) is 15.8. The van der Waals surface area contributed by atoms with Crippen molar-refractivity contribution in [1.82, 2.24) is 9.21 Å². The Bertz CT molecular complexity index is 1320. The van der Waals surface area contributed by atoms with Crippen molar-refractivity contribution in [2.75, 3.05) is 45.8 Å². The molecule has 9 nitrogen and oxygen atoms in total. The number of aliphatic carboxylic acids is 1. The SMILES string of the molecule is CCCCCS(=O)(=O)N(CCN1C[C@H](c2ccc3c(c2)OCO3)[C@@H](C(=O)O)[C@@H]1c1ccc(OC)c(F)c1)CC(C)C. The molecule has 0 aliphatic carbocycles. The number of unbranched alkanes of at least 4 members (excludes halogenated alkanes) is 2. The third kappa shape index (κ3) is 7.13. The van der Waals surface area contributed by atoms with Crippen molar-refractivity contribution in [2.24, 2.45) is 11.8 Å². The first-order chi connectivity index (χ1) is 19.6. The van der Waals surface area contributed by atoms with E-state index >= 15 is 0 Å². The standard InChI is InChI=1S/C30H41FN2O7S/c1-5-6-7-14-41(36,37)33(17-20(2)3)13-12-32-18-23(21-8-11-26-27(16-21)40-19-39-26)28(30(34)35)29(32)22-9-10-25(38-4)24(31)15-22/h8-11,15-16,20,23,28-29H,5-7,12-14,17-19H2,1-4H3,(H,34,35)/t23-,28-,29+/m1/s1. The monoisotopic (exact) mass is 592 g/mol. The summed E-state index contributed by atoms with van der Waals surface area (Å²) in [7, 11) is -2.12. The van der Waals surface area contributed by atoms with Crippen LogP contribution in [0.1, 0.15) is 63.1 Å². The molecule has 1 saturated heterocycles. The molecule has 0 amide bonds. The molecule has 0 spiro atoms. The molecule has 0 radical (unpaired) electrons. The second-order valence-corrected chi connectivity index (χ2v) is 13.3. The number of hydrogen-bond acceptors (Lipinski definition) is 7. The minimum Gasteiger partial charge on any atom is -0.494 e. The lowest BCUT2D eigenvalue weighted by Gasteiger charge is -2.30. The molecule has 0 bridgehead atoms. The van der Waals surface area contributed by atoms with Crippen LogP contribution in [0.3, 0.4) is 0 Å². The van der Waals surface area contributed by atoms with Gasteiger partial charge in [0.15, 0.2) is 23.1 Å². The summed E-state index contributed by atoms with van der Waals surface area (Å²) in [6.07, 6.45) is 2.35. The van der Waals surface area contributed by atoms with E-state index in [4.69, 9.17) is 14.2 Å². The Morgan fingerprint density at radius 1 is 1.15 bits per heavy atom. The van der Waals surface area contributed by atoms with E-state index in [1.807, 2.05) is 31.7 Å². The molecule has 1 fully saturated rings. The minimum absolute atomic E-state index is 0.0683. The fraction of sp³-hybridized carbons (Fsp3) is 0.567. The van der Waals surface area contributed by atoms with Crippen LogP contribution in [0.2, 0.25) is 0 Å². The quantitative estimate of drug-likeness (QED) is 0.310. The van der Waals surface area contributed by atoms with Crippen LogP contribution in [-0.2, 0) is 14.8 Å². The van der Waals surface area contributed by atoms with E-state index in [1.165, 1.54) is 23.5 Å². The number of rotatable bonds is 14. The predicted octanol–water partition coefficient (Wildman–Crippen LogP) is 4.88. The lowest BCUT2D eigenvalue weighted by molar-refractivity contribution is -0.143. The van der Waals surface area contributed by atoms with Gasteiger partial charge in [-0.1, -0.05) is 45.7 Å². The van der Waals surface area contributed by atoms with Gasteiger partial charge in [0, 0.05) is 38.1 Å².